The molecule has 3 unspecified atom stereocenters. The third-order valence-electron chi connectivity index (χ3n) is 7.77. The maximum Gasteiger partial charge on any atom is 0.519 e. The topological polar surface area (TPSA) is 146 Å². The number of aliphatic hydroxyl groups is 1. The van der Waals surface area contributed by atoms with Crippen molar-refractivity contribution in [3.8, 4) is 22.5 Å². The molecule has 1 aliphatic rings. The van der Waals surface area contributed by atoms with E-state index in [9.17, 15) is 14.7 Å². The van der Waals surface area contributed by atoms with Crippen LogP contribution in [0.5, 0.6) is 0 Å². The first-order valence-corrected chi connectivity index (χ1v) is 14.0. The van der Waals surface area contributed by atoms with Crippen molar-refractivity contribution in [1.82, 2.24) is 20.2 Å². The van der Waals surface area contributed by atoms with Gasteiger partial charge < -0.3 is 18.7 Å². The zero-order chi connectivity index (χ0) is 30.0. The number of hydrogen-bond donors (Lipinski definition) is 1. The molecule has 1 N–H and O–H groups in total. The fourth-order valence-corrected chi connectivity index (χ4v) is 5.84. The molecular formula is C31H35N5O6. The summed E-state index contributed by atoms with van der Waals surface area (Å²) in [6, 6.07) is 16.1. The van der Waals surface area contributed by atoms with Gasteiger partial charge in [-0.15, -0.1) is 5.10 Å². The SMILES string of the molecule is CCCC1N=C(C(=O)OCc2oc(=O)oc2C)C(C(C)(C)O)C1Cc1ccc(-c2ccccc2-c2nnnn2C)cc1. The van der Waals surface area contributed by atoms with Gasteiger partial charge in [-0.05, 0) is 66.6 Å². The fraction of sp³-hybridized carbons (Fsp3) is 0.419. The van der Waals surface area contributed by atoms with E-state index in [2.05, 4.69) is 46.7 Å². The minimum atomic E-state index is -1.23. The van der Waals surface area contributed by atoms with E-state index < -0.39 is 23.3 Å². The highest BCUT2D eigenvalue weighted by molar-refractivity contribution is 6.38. The largest absolute Gasteiger partial charge is 0.519 e. The van der Waals surface area contributed by atoms with E-state index in [1.54, 1.807) is 25.5 Å². The van der Waals surface area contributed by atoms with Crippen molar-refractivity contribution in [3.63, 3.8) is 0 Å². The van der Waals surface area contributed by atoms with E-state index in [1.807, 2.05) is 31.3 Å². The third kappa shape index (κ3) is 5.96. The lowest BCUT2D eigenvalue weighted by atomic mass is 9.73. The maximum atomic E-state index is 13.3. The van der Waals surface area contributed by atoms with Crippen LogP contribution in [0.4, 0.5) is 0 Å². The molecule has 0 fully saturated rings. The molecule has 5 rings (SSSR count). The number of ether oxygens (including phenoxy) is 1. The highest BCUT2D eigenvalue weighted by atomic mass is 16.6. The molecule has 3 heterocycles. The fourth-order valence-electron chi connectivity index (χ4n) is 5.84. The first-order chi connectivity index (χ1) is 20.1. The van der Waals surface area contributed by atoms with Crippen LogP contribution < -0.4 is 5.82 Å². The van der Waals surface area contributed by atoms with Crippen LogP contribution in [0.2, 0.25) is 0 Å². The van der Waals surface area contributed by atoms with Crippen LogP contribution in [0.1, 0.15) is 50.7 Å². The minimum Gasteiger partial charge on any atom is -0.453 e. The van der Waals surface area contributed by atoms with E-state index in [-0.39, 0.29) is 35.8 Å². The third-order valence-corrected chi connectivity index (χ3v) is 7.77. The van der Waals surface area contributed by atoms with E-state index in [4.69, 9.17) is 18.6 Å². The Labute approximate surface area is 243 Å². The predicted octanol–water partition coefficient (Wildman–Crippen LogP) is 4.31. The van der Waals surface area contributed by atoms with Gasteiger partial charge in [0.25, 0.3) is 0 Å². The van der Waals surface area contributed by atoms with Gasteiger partial charge in [0, 0.05) is 18.5 Å². The second-order valence-electron chi connectivity index (χ2n) is 11.2. The molecule has 0 saturated heterocycles. The lowest BCUT2D eigenvalue weighted by Crippen LogP contribution is -2.44. The maximum absolute atomic E-state index is 13.3. The van der Waals surface area contributed by atoms with Gasteiger partial charge >= 0.3 is 11.8 Å². The molecule has 0 radical (unpaired) electrons. The molecule has 11 nitrogen and oxygen atoms in total. The second kappa shape index (κ2) is 11.8. The van der Waals surface area contributed by atoms with Crippen LogP contribution in [0.3, 0.4) is 0 Å². The van der Waals surface area contributed by atoms with E-state index in [0.29, 0.717) is 12.2 Å². The molecule has 0 aliphatic carbocycles. The number of rotatable bonds is 10. The van der Waals surface area contributed by atoms with Gasteiger partial charge in [0.15, 0.2) is 24.0 Å². The summed E-state index contributed by atoms with van der Waals surface area (Å²) in [7, 11) is 1.81. The second-order valence-corrected chi connectivity index (χ2v) is 11.2. The van der Waals surface area contributed by atoms with Gasteiger partial charge in [-0.25, -0.2) is 14.3 Å². The summed E-state index contributed by atoms with van der Waals surface area (Å²) in [6.45, 7) is 6.77. The van der Waals surface area contributed by atoms with Crippen LogP contribution in [0.25, 0.3) is 22.5 Å². The smallest absolute Gasteiger partial charge is 0.453 e. The van der Waals surface area contributed by atoms with Crippen LogP contribution in [-0.2, 0) is 29.6 Å². The Morgan fingerprint density at radius 2 is 1.81 bits per heavy atom. The average Bonchev–Trinajstić information content (AvgIpc) is 3.64. The molecule has 4 aromatic rings. The Morgan fingerprint density at radius 1 is 1.10 bits per heavy atom. The molecule has 0 spiro atoms. The summed E-state index contributed by atoms with van der Waals surface area (Å²) in [5.74, 6) is -1.09. The highest BCUT2D eigenvalue weighted by Gasteiger charge is 2.48. The number of esters is 1. The van der Waals surface area contributed by atoms with Gasteiger partial charge in [0.1, 0.15) is 5.71 Å². The first kappa shape index (κ1) is 29.1. The number of nitrogens with zero attached hydrogens (tertiary/aromatic N) is 5. The number of carbonyl (C=O) groups excluding carboxylic acids is 1. The molecule has 3 atom stereocenters. The van der Waals surface area contributed by atoms with Gasteiger partial charge in [0.2, 0.25) is 0 Å². The molecule has 0 amide bonds. The molecule has 0 bridgehead atoms. The van der Waals surface area contributed by atoms with Crippen LogP contribution in [0, 0.1) is 18.8 Å². The number of aliphatic imine (C=N–C) groups is 1. The van der Waals surface area contributed by atoms with Crippen molar-refractivity contribution >= 4 is 11.7 Å². The number of aryl methyl sites for hydroxylation is 2. The summed E-state index contributed by atoms with van der Waals surface area (Å²) in [5.41, 5.74) is 3.01. The Hall–Kier alpha value is -4.38. The summed E-state index contributed by atoms with van der Waals surface area (Å²) in [6.07, 6.45) is 2.25. The Kier molecular flexibility index (Phi) is 8.22. The van der Waals surface area contributed by atoms with Crippen LogP contribution in [0.15, 0.2) is 67.2 Å². The molecule has 2 aromatic heterocycles. The number of benzene rings is 2. The van der Waals surface area contributed by atoms with Crippen molar-refractivity contribution in [2.45, 2.75) is 65.2 Å². The van der Waals surface area contributed by atoms with Crippen LogP contribution in [-0.4, -0.2) is 48.6 Å². The van der Waals surface area contributed by atoms with Crippen molar-refractivity contribution < 1.29 is 23.5 Å². The molecular weight excluding hydrogens is 538 g/mol. The molecule has 220 valence electrons. The molecule has 0 saturated carbocycles. The minimum absolute atomic E-state index is 0.121. The van der Waals surface area contributed by atoms with Crippen molar-refractivity contribution in [3.05, 3.63) is 76.2 Å². The highest BCUT2D eigenvalue weighted by Crippen LogP contribution is 2.40. The Balaban J connectivity index is 1.38. The van der Waals surface area contributed by atoms with Gasteiger partial charge in [-0.1, -0.05) is 61.9 Å². The summed E-state index contributed by atoms with van der Waals surface area (Å²) < 4.78 is 16.9. The lowest BCUT2D eigenvalue weighted by Gasteiger charge is -2.33. The molecule has 2 aromatic carbocycles. The average molecular weight is 574 g/mol. The number of hydrogen-bond acceptors (Lipinski definition) is 10. The molecule has 42 heavy (non-hydrogen) atoms. The van der Waals surface area contributed by atoms with Crippen molar-refractivity contribution in [2.75, 3.05) is 0 Å². The Morgan fingerprint density at radius 3 is 2.40 bits per heavy atom. The van der Waals surface area contributed by atoms with Crippen LogP contribution >= 0.6 is 0 Å². The quantitative estimate of drug-likeness (QED) is 0.274. The summed E-state index contributed by atoms with van der Waals surface area (Å²) in [5, 5.41) is 23.2. The lowest BCUT2D eigenvalue weighted by molar-refractivity contribution is -0.138. The van der Waals surface area contributed by atoms with E-state index in [1.165, 1.54) is 0 Å². The predicted molar refractivity (Wildman–Crippen MR) is 155 cm³/mol. The van der Waals surface area contributed by atoms with Gasteiger partial charge in [-0.3, -0.25) is 4.99 Å². The number of tetrazole rings is 1. The Bertz CT molecular complexity index is 1640. The monoisotopic (exact) mass is 573 g/mol. The number of aromatic nitrogens is 4. The standard InChI is InChI=1S/C31H35N5O6/c1-6-9-24-23(26(31(3,4)39)27(32-24)29(37)40-17-25-18(2)41-30(38)42-25)16-19-12-14-20(15-13-19)21-10-7-8-11-22(21)28-33-34-35-36(28)5/h7-8,10-15,23-24,26,39H,6,9,16-17H2,1-5H3. The molecule has 1 aliphatic heterocycles. The summed E-state index contributed by atoms with van der Waals surface area (Å²) in [4.78, 5) is 29.4. The van der Waals surface area contributed by atoms with Crippen molar-refractivity contribution in [2.24, 2.45) is 23.9 Å². The molecule has 11 heteroatoms. The van der Waals surface area contributed by atoms with E-state index >= 15 is 0 Å². The first-order valence-electron chi connectivity index (χ1n) is 14.0. The zero-order valence-corrected chi connectivity index (χ0v) is 24.4. The number of carbonyl (C=O) groups is 1. The summed E-state index contributed by atoms with van der Waals surface area (Å²) >= 11 is 0. The van der Waals surface area contributed by atoms with Crippen molar-refractivity contribution in [1.29, 1.82) is 0 Å². The van der Waals surface area contributed by atoms with Gasteiger partial charge in [0.05, 0.1) is 11.6 Å². The van der Waals surface area contributed by atoms with E-state index in [0.717, 1.165) is 35.1 Å². The van der Waals surface area contributed by atoms with Gasteiger partial charge in [-0.2, -0.15) is 0 Å². The normalized spacial score (nSPS) is 18.7. The zero-order valence-electron chi connectivity index (χ0n) is 24.4.